The number of carbonyl (C=O) groups is 2. The third kappa shape index (κ3) is 4.41. The number of rotatable bonds is 6. The quantitative estimate of drug-likeness (QED) is 0.871. The lowest BCUT2D eigenvalue weighted by Gasteiger charge is -2.23. The van der Waals surface area contributed by atoms with E-state index < -0.39 is 6.04 Å². The molecule has 0 bridgehead atoms. The SMILES string of the molecule is CC(C)C[C@H](NC(=O)c1ccnc(-n2ccnc2)c1)C(=O)N(C)C. The van der Waals surface area contributed by atoms with Gasteiger partial charge in [0.2, 0.25) is 5.91 Å². The van der Waals surface area contributed by atoms with Crippen LogP contribution in [-0.2, 0) is 4.79 Å². The maximum Gasteiger partial charge on any atom is 0.252 e. The molecule has 0 radical (unpaired) electrons. The van der Waals surface area contributed by atoms with Gasteiger partial charge in [-0.1, -0.05) is 13.8 Å². The number of imidazole rings is 1. The van der Waals surface area contributed by atoms with Gasteiger partial charge in [-0.3, -0.25) is 14.2 Å². The van der Waals surface area contributed by atoms with Gasteiger partial charge in [0.1, 0.15) is 18.2 Å². The number of nitrogens with zero attached hydrogens (tertiary/aromatic N) is 4. The smallest absolute Gasteiger partial charge is 0.252 e. The molecule has 2 aromatic rings. The average Bonchev–Trinajstić information content (AvgIpc) is 3.07. The van der Waals surface area contributed by atoms with Crippen LogP contribution in [0.4, 0.5) is 0 Å². The molecule has 2 rings (SSSR count). The van der Waals surface area contributed by atoms with Crippen molar-refractivity contribution in [2.24, 2.45) is 5.92 Å². The van der Waals surface area contributed by atoms with E-state index in [0.717, 1.165) is 0 Å². The third-order valence-corrected chi connectivity index (χ3v) is 3.53. The molecule has 0 saturated carbocycles. The van der Waals surface area contributed by atoms with Crippen molar-refractivity contribution < 1.29 is 9.59 Å². The molecule has 0 aliphatic rings. The van der Waals surface area contributed by atoms with Crippen LogP contribution in [0.1, 0.15) is 30.6 Å². The zero-order valence-electron chi connectivity index (χ0n) is 14.4. The molecule has 0 fully saturated rings. The maximum absolute atomic E-state index is 12.6. The second kappa shape index (κ2) is 7.72. The molecule has 1 N–H and O–H groups in total. The Hall–Kier alpha value is -2.70. The second-order valence-electron chi connectivity index (χ2n) is 6.26. The minimum absolute atomic E-state index is 0.110. The fourth-order valence-corrected chi connectivity index (χ4v) is 2.34. The largest absolute Gasteiger partial charge is 0.347 e. The van der Waals surface area contributed by atoms with Crippen LogP contribution in [0.15, 0.2) is 37.1 Å². The molecule has 24 heavy (non-hydrogen) atoms. The third-order valence-electron chi connectivity index (χ3n) is 3.53. The Morgan fingerprint density at radius 2 is 2.04 bits per heavy atom. The molecule has 128 valence electrons. The van der Waals surface area contributed by atoms with Crippen LogP contribution in [0, 0.1) is 5.92 Å². The lowest BCUT2D eigenvalue weighted by Crippen LogP contribution is -2.46. The first-order chi connectivity index (χ1) is 11.4. The zero-order chi connectivity index (χ0) is 17.7. The molecule has 0 aliphatic carbocycles. The molecule has 2 aromatic heterocycles. The number of likely N-dealkylation sites (N-methyl/N-ethyl adjacent to an activating group) is 1. The topological polar surface area (TPSA) is 80.1 Å². The first-order valence-electron chi connectivity index (χ1n) is 7.85. The first kappa shape index (κ1) is 17.7. The summed E-state index contributed by atoms with van der Waals surface area (Å²) in [6.45, 7) is 4.04. The van der Waals surface area contributed by atoms with Crippen molar-refractivity contribution in [3.8, 4) is 5.82 Å². The Kier molecular flexibility index (Phi) is 5.68. The Morgan fingerprint density at radius 1 is 1.29 bits per heavy atom. The monoisotopic (exact) mass is 329 g/mol. The number of hydrogen-bond donors (Lipinski definition) is 1. The molecule has 0 spiro atoms. The summed E-state index contributed by atoms with van der Waals surface area (Å²) in [4.78, 5) is 34.5. The summed E-state index contributed by atoms with van der Waals surface area (Å²) >= 11 is 0. The van der Waals surface area contributed by atoms with Crippen LogP contribution in [0.25, 0.3) is 5.82 Å². The van der Waals surface area contributed by atoms with E-state index >= 15 is 0 Å². The summed E-state index contributed by atoms with van der Waals surface area (Å²) < 4.78 is 1.72. The van der Waals surface area contributed by atoms with Crippen LogP contribution in [0.3, 0.4) is 0 Å². The average molecular weight is 329 g/mol. The molecule has 2 amide bonds. The zero-order valence-corrected chi connectivity index (χ0v) is 14.4. The summed E-state index contributed by atoms with van der Waals surface area (Å²) in [6, 6.07) is 2.75. The summed E-state index contributed by atoms with van der Waals surface area (Å²) in [5.41, 5.74) is 0.453. The van der Waals surface area contributed by atoms with Crippen molar-refractivity contribution in [2.45, 2.75) is 26.3 Å². The van der Waals surface area contributed by atoms with Crippen LogP contribution in [0.2, 0.25) is 0 Å². The fourth-order valence-electron chi connectivity index (χ4n) is 2.34. The standard InChI is InChI=1S/C17H23N5O2/c1-12(2)9-14(17(24)21(3)4)20-16(23)13-5-6-19-15(10-13)22-8-7-18-11-22/h5-8,10-12,14H,9H2,1-4H3,(H,20,23)/t14-/m0/s1. The molecular formula is C17H23N5O2. The number of pyridine rings is 1. The fraction of sp³-hybridized carbons (Fsp3) is 0.412. The van der Waals surface area contributed by atoms with Gasteiger partial charge in [-0.25, -0.2) is 9.97 Å². The van der Waals surface area contributed by atoms with Gasteiger partial charge >= 0.3 is 0 Å². The lowest BCUT2D eigenvalue weighted by atomic mass is 10.0. The van der Waals surface area contributed by atoms with Gasteiger partial charge in [-0.15, -0.1) is 0 Å². The van der Waals surface area contributed by atoms with Crippen molar-refractivity contribution >= 4 is 11.8 Å². The Bertz CT molecular complexity index is 695. The molecule has 7 heteroatoms. The molecule has 0 saturated heterocycles. The summed E-state index contributed by atoms with van der Waals surface area (Å²) in [5.74, 6) is 0.484. The van der Waals surface area contributed by atoms with Crippen LogP contribution in [-0.4, -0.2) is 51.4 Å². The number of amides is 2. The van der Waals surface area contributed by atoms with E-state index in [2.05, 4.69) is 15.3 Å². The van der Waals surface area contributed by atoms with Gasteiger partial charge in [0, 0.05) is 38.2 Å². The van der Waals surface area contributed by atoms with Gasteiger partial charge in [-0.2, -0.15) is 0 Å². The van der Waals surface area contributed by atoms with E-state index in [-0.39, 0.29) is 17.7 Å². The van der Waals surface area contributed by atoms with E-state index in [1.54, 1.807) is 55.7 Å². The predicted octanol–water partition coefficient (Wildman–Crippen LogP) is 1.50. The van der Waals surface area contributed by atoms with Gasteiger partial charge in [0.15, 0.2) is 0 Å². The number of hydrogen-bond acceptors (Lipinski definition) is 4. The lowest BCUT2D eigenvalue weighted by molar-refractivity contribution is -0.131. The predicted molar refractivity (Wildman–Crippen MR) is 90.8 cm³/mol. The molecule has 0 aliphatic heterocycles. The van der Waals surface area contributed by atoms with E-state index in [1.165, 1.54) is 4.90 Å². The van der Waals surface area contributed by atoms with Crippen molar-refractivity contribution in [3.63, 3.8) is 0 Å². The summed E-state index contributed by atoms with van der Waals surface area (Å²) in [5, 5.41) is 2.84. The number of aromatic nitrogens is 3. The van der Waals surface area contributed by atoms with E-state index in [9.17, 15) is 9.59 Å². The van der Waals surface area contributed by atoms with Gasteiger partial charge < -0.3 is 10.2 Å². The Morgan fingerprint density at radius 3 is 2.62 bits per heavy atom. The summed E-state index contributed by atoms with van der Waals surface area (Å²) in [7, 11) is 3.37. The minimum Gasteiger partial charge on any atom is -0.347 e. The van der Waals surface area contributed by atoms with Crippen molar-refractivity contribution in [2.75, 3.05) is 14.1 Å². The van der Waals surface area contributed by atoms with Crippen LogP contribution in [0.5, 0.6) is 0 Å². The van der Waals surface area contributed by atoms with E-state index in [4.69, 9.17) is 0 Å². The van der Waals surface area contributed by atoms with Gasteiger partial charge in [-0.05, 0) is 24.5 Å². The molecule has 0 unspecified atom stereocenters. The van der Waals surface area contributed by atoms with Crippen LogP contribution < -0.4 is 5.32 Å². The summed E-state index contributed by atoms with van der Waals surface area (Å²) in [6.07, 6.45) is 7.16. The van der Waals surface area contributed by atoms with Crippen LogP contribution >= 0.6 is 0 Å². The maximum atomic E-state index is 12.6. The Labute approximate surface area is 141 Å². The van der Waals surface area contributed by atoms with Crippen molar-refractivity contribution in [3.05, 3.63) is 42.6 Å². The van der Waals surface area contributed by atoms with Gasteiger partial charge in [0.25, 0.3) is 5.91 Å². The second-order valence-corrected chi connectivity index (χ2v) is 6.26. The normalized spacial score (nSPS) is 12.0. The molecule has 2 heterocycles. The molecule has 7 nitrogen and oxygen atoms in total. The highest BCUT2D eigenvalue weighted by atomic mass is 16.2. The number of carbonyl (C=O) groups excluding carboxylic acids is 2. The molecule has 0 aromatic carbocycles. The van der Waals surface area contributed by atoms with E-state index in [0.29, 0.717) is 17.8 Å². The highest BCUT2D eigenvalue weighted by Crippen LogP contribution is 2.10. The highest BCUT2D eigenvalue weighted by Gasteiger charge is 2.24. The molecular weight excluding hydrogens is 306 g/mol. The van der Waals surface area contributed by atoms with E-state index in [1.807, 2.05) is 13.8 Å². The first-order valence-corrected chi connectivity index (χ1v) is 7.85. The van der Waals surface area contributed by atoms with Gasteiger partial charge in [0.05, 0.1) is 0 Å². The highest BCUT2D eigenvalue weighted by molar-refractivity contribution is 5.97. The van der Waals surface area contributed by atoms with Crippen molar-refractivity contribution in [1.29, 1.82) is 0 Å². The molecule has 1 atom stereocenters. The number of nitrogens with one attached hydrogen (secondary N) is 1. The minimum atomic E-state index is -0.544. The van der Waals surface area contributed by atoms with Crippen molar-refractivity contribution in [1.82, 2.24) is 24.8 Å². The Balaban J connectivity index is 2.17.